The SMILES string of the molecule is COc1ccc(CC2(CO)CCN(C(=O)c3ccc4c(c3)OCO4)CC2)cc1. The normalized spacial score (nSPS) is 17.4. The van der Waals surface area contributed by atoms with Crippen LogP contribution in [0.1, 0.15) is 28.8 Å². The molecule has 0 atom stereocenters. The third-order valence-electron chi connectivity index (χ3n) is 5.80. The van der Waals surface area contributed by atoms with Crippen molar-refractivity contribution in [2.75, 3.05) is 33.6 Å². The van der Waals surface area contributed by atoms with Crippen molar-refractivity contribution in [1.29, 1.82) is 0 Å². The zero-order valence-corrected chi connectivity index (χ0v) is 16.0. The molecule has 2 heterocycles. The Morgan fingerprint density at radius 3 is 2.50 bits per heavy atom. The first-order valence-electron chi connectivity index (χ1n) is 9.55. The number of fused-ring (bicyclic) bond motifs is 1. The van der Waals surface area contributed by atoms with Gasteiger partial charge in [-0.25, -0.2) is 0 Å². The van der Waals surface area contributed by atoms with Crippen LogP contribution in [0.2, 0.25) is 0 Å². The number of carbonyl (C=O) groups excluding carboxylic acids is 1. The number of aliphatic hydroxyl groups is 1. The average Bonchev–Trinajstić information content (AvgIpc) is 3.22. The van der Waals surface area contributed by atoms with Gasteiger partial charge in [-0.2, -0.15) is 0 Å². The molecule has 2 aromatic carbocycles. The number of piperidine rings is 1. The molecule has 1 amide bonds. The fraction of sp³-hybridized carbons (Fsp3) is 0.409. The number of hydrogen-bond acceptors (Lipinski definition) is 5. The lowest BCUT2D eigenvalue weighted by atomic mass is 9.74. The number of hydrogen-bond donors (Lipinski definition) is 1. The lowest BCUT2D eigenvalue weighted by Gasteiger charge is -2.41. The minimum Gasteiger partial charge on any atom is -0.497 e. The van der Waals surface area contributed by atoms with Gasteiger partial charge in [0.15, 0.2) is 11.5 Å². The van der Waals surface area contributed by atoms with E-state index in [0.29, 0.717) is 30.2 Å². The molecular weight excluding hydrogens is 358 g/mol. The van der Waals surface area contributed by atoms with E-state index in [-0.39, 0.29) is 24.7 Å². The van der Waals surface area contributed by atoms with Crippen molar-refractivity contribution in [1.82, 2.24) is 4.90 Å². The fourth-order valence-electron chi connectivity index (χ4n) is 3.96. The summed E-state index contributed by atoms with van der Waals surface area (Å²) in [6, 6.07) is 13.3. The lowest BCUT2D eigenvalue weighted by molar-refractivity contribution is 0.0358. The minimum absolute atomic E-state index is 0.00529. The van der Waals surface area contributed by atoms with Crippen molar-refractivity contribution in [2.24, 2.45) is 5.41 Å². The summed E-state index contributed by atoms with van der Waals surface area (Å²) in [4.78, 5) is 14.7. The predicted octanol–water partition coefficient (Wildman–Crippen LogP) is 2.88. The molecule has 0 radical (unpaired) electrons. The molecule has 0 aromatic heterocycles. The molecule has 2 aliphatic rings. The maximum Gasteiger partial charge on any atom is 0.253 e. The Balaban J connectivity index is 1.41. The summed E-state index contributed by atoms with van der Waals surface area (Å²) >= 11 is 0. The van der Waals surface area contributed by atoms with Crippen molar-refractivity contribution in [3.63, 3.8) is 0 Å². The summed E-state index contributed by atoms with van der Waals surface area (Å²) in [5, 5.41) is 10.1. The molecule has 0 unspecified atom stereocenters. The Labute approximate surface area is 164 Å². The molecule has 2 aliphatic heterocycles. The van der Waals surface area contributed by atoms with E-state index in [9.17, 15) is 9.90 Å². The molecule has 1 fully saturated rings. The van der Waals surface area contributed by atoms with Crippen LogP contribution in [0, 0.1) is 5.41 Å². The van der Waals surface area contributed by atoms with Gasteiger partial charge in [0.2, 0.25) is 6.79 Å². The van der Waals surface area contributed by atoms with E-state index in [2.05, 4.69) is 0 Å². The molecule has 4 rings (SSSR count). The molecule has 0 saturated carbocycles. The number of methoxy groups -OCH3 is 1. The van der Waals surface area contributed by atoms with Crippen molar-refractivity contribution < 1.29 is 24.1 Å². The maximum absolute atomic E-state index is 12.9. The van der Waals surface area contributed by atoms with Gasteiger partial charge in [-0.15, -0.1) is 0 Å². The number of benzene rings is 2. The molecule has 0 bridgehead atoms. The number of likely N-dealkylation sites (tertiary alicyclic amines) is 1. The second kappa shape index (κ2) is 7.72. The van der Waals surface area contributed by atoms with Crippen LogP contribution in [0.25, 0.3) is 0 Å². The number of nitrogens with zero attached hydrogens (tertiary/aromatic N) is 1. The summed E-state index contributed by atoms with van der Waals surface area (Å²) in [5.74, 6) is 2.11. The highest BCUT2D eigenvalue weighted by Gasteiger charge is 2.36. The van der Waals surface area contributed by atoms with Crippen LogP contribution < -0.4 is 14.2 Å². The number of amides is 1. The van der Waals surface area contributed by atoms with Crippen LogP contribution in [0.4, 0.5) is 0 Å². The van der Waals surface area contributed by atoms with E-state index in [1.165, 1.54) is 5.56 Å². The van der Waals surface area contributed by atoms with Crippen molar-refractivity contribution in [3.05, 3.63) is 53.6 Å². The van der Waals surface area contributed by atoms with Crippen LogP contribution in [-0.2, 0) is 6.42 Å². The lowest BCUT2D eigenvalue weighted by Crippen LogP contribution is -2.45. The summed E-state index contributed by atoms with van der Waals surface area (Å²) in [6.07, 6.45) is 2.33. The number of aliphatic hydroxyl groups excluding tert-OH is 1. The minimum atomic E-state index is -0.194. The van der Waals surface area contributed by atoms with Gasteiger partial charge in [0, 0.05) is 30.7 Å². The highest BCUT2D eigenvalue weighted by molar-refractivity contribution is 5.95. The Kier molecular flexibility index (Phi) is 5.13. The van der Waals surface area contributed by atoms with Crippen molar-refractivity contribution in [2.45, 2.75) is 19.3 Å². The predicted molar refractivity (Wildman–Crippen MR) is 104 cm³/mol. The summed E-state index contributed by atoms with van der Waals surface area (Å²) in [6.45, 7) is 1.57. The zero-order valence-electron chi connectivity index (χ0n) is 16.0. The molecule has 1 N–H and O–H groups in total. The zero-order chi connectivity index (χ0) is 19.6. The van der Waals surface area contributed by atoms with Gasteiger partial charge in [0.1, 0.15) is 5.75 Å². The standard InChI is InChI=1S/C22H25NO5/c1-26-18-5-2-16(3-6-18)13-22(14-24)8-10-23(11-9-22)21(25)17-4-7-19-20(12-17)28-15-27-19/h2-7,12,24H,8-11,13-15H2,1H3. The molecular formula is C22H25NO5. The molecule has 28 heavy (non-hydrogen) atoms. The molecule has 6 heteroatoms. The van der Waals surface area contributed by atoms with E-state index in [1.807, 2.05) is 29.2 Å². The first kappa shape index (κ1) is 18.6. The van der Waals surface area contributed by atoms with Gasteiger partial charge >= 0.3 is 0 Å². The molecule has 1 saturated heterocycles. The Morgan fingerprint density at radius 1 is 1.11 bits per heavy atom. The maximum atomic E-state index is 12.9. The Hall–Kier alpha value is -2.73. The van der Waals surface area contributed by atoms with Gasteiger partial charge in [-0.05, 0) is 55.2 Å². The van der Waals surface area contributed by atoms with Gasteiger partial charge in [-0.1, -0.05) is 12.1 Å². The van der Waals surface area contributed by atoms with Crippen molar-refractivity contribution >= 4 is 5.91 Å². The Morgan fingerprint density at radius 2 is 1.82 bits per heavy atom. The smallest absolute Gasteiger partial charge is 0.253 e. The van der Waals surface area contributed by atoms with Gasteiger partial charge < -0.3 is 24.2 Å². The molecule has 148 valence electrons. The summed E-state index contributed by atoms with van der Waals surface area (Å²) < 4.78 is 15.9. The van der Waals surface area contributed by atoms with Crippen LogP contribution in [0.15, 0.2) is 42.5 Å². The average molecular weight is 383 g/mol. The van der Waals surface area contributed by atoms with E-state index >= 15 is 0 Å². The highest BCUT2D eigenvalue weighted by Crippen LogP contribution is 2.37. The number of ether oxygens (including phenoxy) is 3. The molecule has 2 aromatic rings. The van der Waals surface area contributed by atoms with E-state index in [1.54, 1.807) is 25.3 Å². The van der Waals surface area contributed by atoms with Crippen LogP contribution in [0.5, 0.6) is 17.2 Å². The summed E-state index contributed by atoms with van der Waals surface area (Å²) in [7, 11) is 1.65. The summed E-state index contributed by atoms with van der Waals surface area (Å²) in [5.41, 5.74) is 1.58. The number of rotatable bonds is 5. The first-order chi connectivity index (χ1) is 13.6. The van der Waals surface area contributed by atoms with Crippen molar-refractivity contribution in [3.8, 4) is 17.2 Å². The van der Waals surface area contributed by atoms with Crippen LogP contribution in [0.3, 0.4) is 0 Å². The second-order valence-electron chi connectivity index (χ2n) is 7.54. The van der Waals surface area contributed by atoms with E-state index < -0.39 is 0 Å². The molecule has 0 aliphatic carbocycles. The van der Waals surface area contributed by atoms with Gasteiger partial charge in [0.25, 0.3) is 5.91 Å². The second-order valence-corrected chi connectivity index (χ2v) is 7.54. The quantitative estimate of drug-likeness (QED) is 0.860. The Bertz CT molecular complexity index is 841. The highest BCUT2D eigenvalue weighted by atomic mass is 16.7. The molecule has 0 spiro atoms. The van der Waals surface area contributed by atoms with Crippen LogP contribution in [-0.4, -0.2) is 49.5 Å². The molecule has 6 nitrogen and oxygen atoms in total. The van der Waals surface area contributed by atoms with Crippen LogP contribution >= 0.6 is 0 Å². The van der Waals surface area contributed by atoms with Gasteiger partial charge in [-0.3, -0.25) is 4.79 Å². The van der Waals surface area contributed by atoms with E-state index in [0.717, 1.165) is 25.0 Å². The third kappa shape index (κ3) is 3.64. The monoisotopic (exact) mass is 383 g/mol. The fourth-order valence-corrected chi connectivity index (χ4v) is 3.96. The first-order valence-corrected chi connectivity index (χ1v) is 9.55. The topological polar surface area (TPSA) is 68.2 Å². The number of carbonyl (C=O) groups is 1. The largest absolute Gasteiger partial charge is 0.497 e. The van der Waals surface area contributed by atoms with Gasteiger partial charge in [0.05, 0.1) is 7.11 Å². The third-order valence-corrected chi connectivity index (χ3v) is 5.80. The van der Waals surface area contributed by atoms with E-state index in [4.69, 9.17) is 14.2 Å².